The molecule has 11 heavy (non-hydrogen) atoms. The van der Waals surface area contributed by atoms with Crippen LogP contribution in [0.25, 0.3) is 0 Å². The summed E-state index contributed by atoms with van der Waals surface area (Å²) in [6.07, 6.45) is -0.0595. The van der Waals surface area contributed by atoms with E-state index in [2.05, 4.69) is 0 Å². The van der Waals surface area contributed by atoms with E-state index < -0.39 is 12.3 Å². The number of alkyl halides is 2. The summed E-state index contributed by atoms with van der Waals surface area (Å²) in [5.74, 6) is -1.05. The average molecular weight is 163 g/mol. The fraction of sp³-hybridized carbons (Fsp3) is 0.857. The van der Waals surface area contributed by atoms with Crippen molar-refractivity contribution in [2.75, 3.05) is 7.05 Å². The molecule has 0 unspecified atom stereocenters. The summed E-state index contributed by atoms with van der Waals surface area (Å²) < 4.78 is 23.6. The maximum Gasteiger partial charge on any atom is 0.315 e. The topological polar surface area (TPSA) is 20.3 Å². The Hall–Kier alpha value is -0.670. The number of nitrogens with zero attached hydrogens (tertiary/aromatic N) is 1. The van der Waals surface area contributed by atoms with Gasteiger partial charge < -0.3 is 4.90 Å². The van der Waals surface area contributed by atoms with E-state index in [1.54, 1.807) is 0 Å². The van der Waals surface area contributed by atoms with Crippen LogP contribution in [-0.4, -0.2) is 30.3 Å². The van der Waals surface area contributed by atoms with Crippen molar-refractivity contribution in [1.82, 2.24) is 4.90 Å². The van der Waals surface area contributed by atoms with Crippen LogP contribution in [0.15, 0.2) is 0 Å². The van der Waals surface area contributed by atoms with Gasteiger partial charge in [0.05, 0.1) is 0 Å². The summed E-state index contributed by atoms with van der Waals surface area (Å²) in [6, 6.07) is 0.0662. The van der Waals surface area contributed by atoms with Crippen molar-refractivity contribution in [2.24, 2.45) is 0 Å². The lowest BCUT2D eigenvalue weighted by Crippen LogP contribution is -2.43. The third kappa shape index (κ3) is 1.67. The van der Waals surface area contributed by atoms with Crippen molar-refractivity contribution in [1.29, 1.82) is 0 Å². The van der Waals surface area contributed by atoms with Gasteiger partial charge in [-0.2, -0.15) is 8.78 Å². The number of hydrogen-bond acceptors (Lipinski definition) is 1. The van der Waals surface area contributed by atoms with Gasteiger partial charge in [-0.1, -0.05) is 0 Å². The molecule has 0 aliphatic heterocycles. The Bertz CT molecular complexity index is 157. The second-order valence-corrected chi connectivity index (χ2v) is 2.83. The summed E-state index contributed by atoms with van der Waals surface area (Å²) in [6.45, 7) is 0. The highest BCUT2D eigenvalue weighted by molar-refractivity contribution is 5.79. The Kier molecular flexibility index (Phi) is 2.42. The first-order chi connectivity index (χ1) is 5.13. The van der Waals surface area contributed by atoms with Crippen LogP contribution in [0.4, 0.5) is 8.78 Å². The Morgan fingerprint density at radius 1 is 1.55 bits per heavy atom. The molecule has 0 radical (unpaired) electrons. The van der Waals surface area contributed by atoms with E-state index in [-0.39, 0.29) is 6.04 Å². The number of rotatable bonds is 2. The molecular weight excluding hydrogens is 152 g/mol. The zero-order chi connectivity index (χ0) is 8.43. The molecule has 0 N–H and O–H groups in total. The lowest BCUT2D eigenvalue weighted by Gasteiger charge is -2.34. The van der Waals surface area contributed by atoms with Crippen LogP contribution in [-0.2, 0) is 4.79 Å². The highest BCUT2D eigenvalue weighted by Crippen LogP contribution is 2.24. The monoisotopic (exact) mass is 163 g/mol. The maximum atomic E-state index is 11.8. The normalized spacial score (nSPS) is 18.2. The minimum Gasteiger partial charge on any atom is -0.338 e. The molecule has 1 rings (SSSR count). The number of carbonyl (C=O) groups excluding carboxylic acids is 1. The minimum absolute atomic E-state index is 0.0662. The molecule has 1 fully saturated rings. The van der Waals surface area contributed by atoms with E-state index in [0.717, 1.165) is 24.2 Å². The predicted octanol–water partition coefficient (Wildman–Crippen LogP) is 1.26. The second kappa shape index (κ2) is 3.15. The fourth-order valence-corrected chi connectivity index (χ4v) is 1.11. The Balaban J connectivity index is 2.39. The van der Waals surface area contributed by atoms with Gasteiger partial charge in [0.2, 0.25) is 0 Å². The van der Waals surface area contributed by atoms with Gasteiger partial charge in [0.1, 0.15) is 0 Å². The summed E-state index contributed by atoms with van der Waals surface area (Å²) in [4.78, 5) is 11.8. The van der Waals surface area contributed by atoms with Crippen molar-refractivity contribution in [3.63, 3.8) is 0 Å². The van der Waals surface area contributed by atoms with Gasteiger partial charge in [-0.3, -0.25) is 4.79 Å². The van der Waals surface area contributed by atoms with E-state index >= 15 is 0 Å². The molecule has 0 aromatic rings. The summed E-state index contributed by atoms with van der Waals surface area (Å²) in [5, 5.41) is 0. The molecule has 0 aromatic carbocycles. The van der Waals surface area contributed by atoms with E-state index in [1.807, 2.05) is 0 Å². The highest BCUT2D eigenvalue weighted by atomic mass is 19.3. The molecular formula is C7H11F2NO. The molecule has 1 aliphatic rings. The largest absolute Gasteiger partial charge is 0.338 e. The van der Waals surface area contributed by atoms with E-state index in [1.165, 1.54) is 7.05 Å². The first kappa shape index (κ1) is 8.43. The van der Waals surface area contributed by atoms with Gasteiger partial charge in [0.25, 0.3) is 5.91 Å². The third-order valence-corrected chi connectivity index (χ3v) is 2.16. The number of hydrogen-bond donors (Lipinski definition) is 0. The van der Waals surface area contributed by atoms with Crippen molar-refractivity contribution in [2.45, 2.75) is 31.7 Å². The standard InChI is InChI=1S/C7H11F2NO/c1-10(5-3-2-4-5)7(11)6(8)9/h5-6H,2-4H2,1H3. The molecule has 1 amide bonds. The van der Waals surface area contributed by atoms with Gasteiger partial charge in [-0.25, -0.2) is 0 Å². The third-order valence-electron chi connectivity index (χ3n) is 2.16. The zero-order valence-corrected chi connectivity index (χ0v) is 6.39. The van der Waals surface area contributed by atoms with Crippen molar-refractivity contribution in [3.05, 3.63) is 0 Å². The van der Waals surface area contributed by atoms with Gasteiger partial charge in [0.15, 0.2) is 0 Å². The van der Waals surface area contributed by atoms with Crippen molar-refractivity contribution in [3.8, 4) is 0 Å². The molecule has 0 spiro atoms. The molecule has 0 bridgehead atoms. The quantitative estimate of drug-likeness (QED) is 0.600. The van der Waals surface area contributed by atoms with Gasteiger partial charge in [-0.05, 0) is 19.3 Å². The van der Waals surface area contributed by atoms with Gasteiger partial charge in [-0.15, -0.1) is 0 Å². The summed E-state index contributed by atoms with van der Waals surface area (Å²) in [7, 11) is 1.44. The number of halogens is 2. The minimum atomic E-state index is -2.85. The highest BCUT2D eigenvalue weighted by Gasteiger charge is 2.29. The molecule has 0 heterocycles. The molecule has 0 atom stereocenters. The van der Waals surface area contributed by atoms with Crippen LogP contribution in [0.5, 0.6) is 0 Å². The smallest absolute Gasteiger partial charge is 0.315 e. The molecule has 1 saturated carbocycles. The van der Waals surface area contributed by atoms with E-state index in [9.17, 15) is 13.6 Å². The first-order valence-electron chi connectivity index (χ1n) is 3.67. The van der Waals surface area contributed by atoms with Crippen LogP contribution < -0.4 is 0 Å². The van der Waals surface area contributed by atoms with Crippen LogP contribution in [0.2, 0.25) is 0 Å². The molecule has 64 valence electrons. The molecule has 2 nitrogen and oxygen atoms in total. The Morgan fingerprint density at radius 2 is 2.09 bits per heavy atom. The van der Waals surface area contributed by atoms with Crippen LogP contribution in [0.1, 0.15) is 19.3 Å². The maximum absolute atomic E-state index is 11.8. The molecule has 0 saturated heterocycles. The molecule has 4 heteroatoms. The Morgan fingerprint density at radius 3 is 2.36 bits per heavy atom. The van der Waals surface area contributed by atoms with E-state index in [0.29, 0.717) is 0 Å². The van der Waals surface area contributed by atoms with Crippen LogP contribution >= 0.6 is 0 Å². The first-order valence-corrected chi connectivity index (χ1v) is 3.67. The number of amides is 1. The predicted molar refractivity (Wildman–Crippen MR) is 36.4 cm³/mol. The van der Waals surface area contributed by atoms with Gasteiger partial charge in [0, 0.05) is 13.1 Å². The van der Waals surface area contributed by atoms with Crippen LogP contribution in [0, 0.1) is 0 Å². The fourth-order valence-electron chi connectivity index (χ4n) is 1.11. The van der Waals surface area contributed by atoms with Crippen molar-refractivity contribution < 1.29 is 13.6 Å². The second-order valence-electron chi connectivity index (χ2n) is 2.83. The lowest BCUT2D eigenvalue weighted by atomic mass is 9.92. The SMILES string of the molecule is CN(C(=O)C(F)F)C1CCC1. The van der Waals surface area contributed by atoms with E-state index in [4.69, 9.17) is 0 Å². The average Bonchev–Trinajstić information content (AvgIpc) is 1.82. The summed E-state index contributed by atoms with van der Waals surface area (Å²) in [5.41, 5.74) is 0. The molecule has 1 aliphatic carbocycles. The molecule has 0 aromatic heterocycles. The summed E-state index contributed by atoms with van der Waals surface area (Å²) >= 11 is 0. The lowest BCUT2D eigenvalue weighted by molar-refractivity contribution is -0.145. The van der Waals surface area contributed by atoms with Crippen LogP contribution in [0.3, 0.4) is 0 Å². The number of carbonyl (C=O) groups is 1. The zero-order valence-electron chi connectivity index (χ0n) is 6.39. The van der Waals surface area contributed by atoms with Crippen molar-refractivity contribution >= 4 is 5.91 Å². The van der Waals surface area contributed by atoms with Gasteiger partial charge >= 0.3 is 6.43 Å². The Labute approximate surface area is 64.2 Å².